The van der Waals surface area contributed by atoms with Crippen LogP contribution in [0.5, 0.6) is 0 Å². The molecule has 0 aliphatic carbocycles. The van der Waals surface area contributed by atoms with E-state index in [0.717, 1.165) is 122 Å². The number of hydrogen-bond donors (Lipinski definition) is 3. The summed E-state index contributed by atoms with van der Waals surface area (Å²) in [5, 5.41) is 34.7. The largest absolute Gasteiger partial charge is 0.395 e. The summed E-state index contributed by atoms with van der Waals surface area (Å²) in [4.78, 5) is 29.8. The van der Waals surface area contributed by atoms with Crippen LogP contribution in [0.3, 0.4) is 0 Å². The van der Waals surface area contributed by atoms with Crippen LogP contribution in [-0.4, -0.2) is 299 Å². The van der Waals surface area contributed by atoms with Gasteiger partial charge in [0.2, 0.25) is 10.9 Å². The topological polar surface area (TPSA) is 317 Å². The first-order chi connectivity index (χ1) is 71.8. The van der Waals surface area contributed by atoms with Crippen molar-refractivity contribution in [3.63, 3.8) is 0 Å². The Labute approximate surface area is 883 Å². The van der Waals surface area contributed by atoms with E-state index < -0.39 is 52.5 Å². The van der Waals surface area contributed by atoms with Gasteiger partial charge in [-0.1, -0.05) is 146 Å². The molecule has 8 fully saturated rings. The minimum Gasteiger partial charge on any atom is -0.395 e. The number of nitrogens with zero attached hydrogens (tertiary/aromatic N) is 15. The quantitative estimate of drug-likeness (QED) is 0.0473. The third kappa shape index (κ3) is 21.7. The van der Waals surface area contributed by atoms with Gasteiger partial charge < -0.3 is 38.5 Å². The van der Waals surface area contributed by atoms with Gasteiger partial charge in [-0.3, -0.25) is 29.1 Å². The molecule has 0 amide bonds. The number of fused-ring (bicyclic) bond motifs is 4. The summed E-state index contributed by atoms with van der Waals surface area (Å²) in [5.41, 5.74) is 22.6. The van der Waals surface area contributed by atoms with E-state index in [1.54, 1.807) is 102 Å². The van der Waals surface area contributed by atoms with Gasteiger partial charge in [0.1, 0.15) is 24.1 Å². The van der Waals surface area contributed by atoms with Crippen LogP contribution in [0.2, 0.25) is 0 Å². The predicted octanol–water partition coefficient (Wildman–Crippen LogP) is 15.3. The number of aliphatic hydroxyl groups excluding tert-OH is 3. The number of ketones is 1. The highest BCUT2D eigenvalue weighted by molar-refractivity contribution is 7.90. The Morgan fingerprint density at radius 2 is 0.727 bits per heavy atom. The maximum absolute atomic E-state index is 14.0. The van der Waals surface area contributed by atoms with Crippen LogP contribution < -0.4 is 0 Å². The second kappa shape index (κ2) is 46.4. The smallest absolute Gasteiger partial charge is 0.277 e. The molecule has 20 rings (SSSR count). The predicted molar refractivity (Wildman–Crippen MR) is 579 cm³/mol. The number of rotatable bonds is 24. The van der Waals surface area contributed by atoms with E-state index in [9.17, 15) is 62.6 Å². The summed E-state index contributed by atoms with van der Waals surface area (Å²) in [6, 6.07) is 58.4. The summed E-state index contributed by atoms with van der Waals surface area (Å²) < 4.78 is 161. The molecule has 8 saturated heterocycles. The second-order valence-electron chi connectivity index (χ2n) is 41.8. The van der Waals surface area contributed by atoms with Crippen LogP contribution in [0.15, 0.2) is 215 Å². The standard InChI is InChI=1S/C31H39N3O5S.C29H38N4O3S.C28H35FN4O3S.C27H33FN4O3S/c1-21-8-7-9-25(22(21)2)23-10-12-24(13-11-23)31-27-18-33(16-5-6-17-34(27)28(31)20-39-4)40(37,38)30-15-14-26(32(30)3)29(36)19-35;1-20-9-8-10-25(22(20)3)23-11-13-24(14-12-23)29-26-18-32(15-6-7-16-33(26)27(29)19-36-5)37(34,35)28-17-21(2)30-31(28)4;1-18-19(2)24(29)12-11-23(18)21-7-9-22(10-8-21)28-25-16-32(13-5-6-14-33(25)26(28)17-34)37(35,36)27-15-30-20(3)31(27)4;1-18-19(2)23(28)11-10-22(18)20-6-8-21(9-7-20)26-24-16-31(13-4-5-14-32(24)25(26)17-33)36(34,35)27-29-12-15-30(27)3/h7-15,27-28,31,35H,5-6,16-20H2,1-4H3;8-14,17,26-27,29H,6-7,15-16,18-19H2,1-5H3;7-12,15,25-26,28,34H,5-6,13-14,16-17H2,1-4H3;6-12,15,24-26,33H,4-5,13-14,16-17H2,1-3H3/t27?,28-,31+;26?,27-,29+;25?,26-,28+;24?,25-,26+/m1111/s1. The Morgan fingerprint density at radius 1 is 0.380 bits per heavy atom. The summed E-state index contributed by atoms with van der Waals surface area (Å²) in [7, 11) is -4.79. The molecule has 8 aromatic carbocycles. The van der Waals surface area contributed by atoms with Gasteiger partial charge in [0.25, 0.3) is 40.1 Å². The monoisotopic (exact) mass is 2130 g/mol. The number of halogens is 2. The fourth-order valence-corrected chi connectivity index (χ4v) is 31.0. The van der Waals surface area contributed by atoms with Crippen LogP contribution in [0.25, 0.3) is 44.5 Å². The molecule has 29 nitrogen and oxygen atoms in total. The van der Waals surface area contributed by atoms with Crippen molar-refractivity contribution in [3.05, 3.63) is 290 Å². The van der Waals surface area contributed by atoms with Crippen molar-refractivity contribution in [1.29, 1.82) is 0 Å². The van der Waals surface area contributed by atoms with E-state index in [-0.39, 0.29) is 123 Å². The number of aliphatic hydroxyl groups is 3. The molecule has 0 spiro atoms. The normalized spacial score (nSPS) is 23.0. The molecular formula is C115H145F2N15O14S4. The summed E-state index contributed by atoms with van der Waals surface area (Å²) in [5.74, 6) is 0.0941. The van der Waals surface area contributed by atoms with E-state index in [2.05, 4.69) is 172 Å². The number of sulfonamides is 4. The Bertz CT molecular complexity index is 7330. The third-order valence-corrected chi connectivity index (χ3v) is 41.2. The van der Waals surface area contributed by atoms with Crippen LogP contribution in [-0.2, 0) is 77.8 Å². The third-order valence-electron chi connectivity index (χ3n) is 33.5. The lowest BCUT2D eigenvalue weighted by Crippen LogP contribution is -2.68. The van der Waals surface area contributed by atoms with Crippen LogP contribution in [0, 0.1) is 80.9 Å². The highest BCUT2D eigenvalue weighted by atomic mass is 32.2. The molecule has 8 aliphatic rings. The molecule has 12 aromatic rings. The number of Topliss-reactive ketones (excluding diaryl/α,β-unsaturated/α-hetero) is 1. The Morgan fingerprint density at radius 3 is 1.06 bits per heavy atom. The molecule has 35 heteroatoms. The van der Waals surface area contributed by atoms with Gasteiger partial charge in [-0.2, -0.15) is 22.3 Å². The van der Waals surface area contributed by atoms with Crippen molar-refractivity contribution in [2.75, 3.05) is 126 Å². The van der Waals surface area contributed by atoms with E-state index in [1.165, 1.54) is 102 Å². The average Bonchev–Trinajstić information content (AvgIpc) is 0.778. The van der Waals surface area contributed by atoms with Crippen molar-refractivity contribution in [1.82, 2.24) is 70.3 Å². The zero-order valence-electron chi connectivity index (χ0n) is 89.0. The van der Waals surface area contributed by atoms with Crippen molar-refractivity contribution in [3.8, 4) is 44.5 Å². The first-order valence-corrected chi connectivity index (χ1v) is 58.1. The number of hydrogen-bond acceptors (Lipinski definition) is 21. The van der Waals surface area contributed by atoms with Crippen LogP contribution >= 0.6 is 0 Å². The number of aryl methyl sites for hydroxylation is 6. The maximum atomic E-state index is 14.0. The molecule has 12 atom stereocenters. The van der Waals surface area contributed by atoms with Gasteiger partial charge in [0.05, 0.1) is 44.0 Å². The van der Waals surface area contributed by atoms with Gasteiger partial charge in [-0.25, -0.2) is 52.4 Å². The van der Waals surface area contributed by atoms with Gasteiger partial charge in [-0.05, 0) is 288 Å². The summed E-state index contributed by atoms with van der Waals surface area (Å²) >= 11 is 0. The lowest BCUT2D eigenvalue weighted by Gasteiger charge is -2.57. The SMILES string of the molecule is COC[C@@H]1[C@@H](c2ccc(-c3cccc(C)c3C)cc2)C2CN(S(=O)(=O)c3cc(C)nn3C)CCCCN21.COC[C@@H]1[C@@H](c2ccc(-c3cccc(C)c3C)cc2)C2CN(S(=O)(=O)c3ccc(C(=O)CO)n3C)CCCCN21.Cc1c(F)ccc(-c2ccc([C@H]3C4CN(S(=O)(=O)c5cnc(C)n5C)CCCCN4[C@@H]3CO)cc2)c1C.Cc1c(F)ccc(-c2ccc([C@H]3C4CN(S(=O)(=O)c5nccn5C)CCCCN4[C@@H]3CO)cc2)c1C. The Balaban J connectivity index is 0.000000136. The number of methoxy groups -OCH3 is 2. The Hall–Kier alpha value is -10.5. The van der Waals surface area contributed by atoms with Gasteiger partial charge in [-0.15, -0.1) is 0 Å². The molecular weight excluding hydrogens is 1980 g/mol. The molecule has 4 aromatic heterocycles. The molecule has 0 bridgehead atoms. The highest BCUT2D eigenvalue weighted by Gasteiger charge is 2.56. The van der Waals surface area contributed by atoms with Crippen molar-refractivity contribution >= 4 is 45.9 Å². The van der Waals surface area contributed by atoms with Crippen molar-refractivity contribution in [2.45, 2.75) is 213 Å². The van der Waals surface area contributed by atoms with Crippen molar-refractivity contribution < 1.29 is 72.0 Å². The highest BCUT2D eigenvalue weighted by Crippen LogP contribution is 2.50. The molecule has 4 unspecified atom stereocenters. The zero-order valence-corrected chi connectivity index (χ0v) is 92.3. The zero-order chi connectivity index (χ0) is 107. The lowest BCUT2D eigenvalue weighted by molar-refractivity contribution is -0.0635. The van der Waals surface area contributed by atoms with Crippen LogP contribution in [0.4, 0.5) is 8.78 Å². The molecule has 150 heavy (non-hydrogen) atoms. The summed E-state index contributed by atoms with van der Waals surface area (Å²) in [6.45, 7) is 27.2. The molecule has 3 N–H and O–H groups in total. The lowest BCUT2D eigenvalue weighted by atomic mass is 9.74. The second-order valence-corrected chi connectivity index (χ2v) is 49.3. The number of carbonyl (C=O) groups is 1. The Kier molecular flexibility index (Phi) is 34.2. The fourth-order valence-electron chi connectivity index (χ4n) is 24.5. The van der Waals surface area contributed by atoms with Crippen LogP contribution in [0.1, 0.15) is 164 Å². The van der Waals surface area contributed by atoms with E-state index >= 15 is 0 Å². The molecule has 0 saturated carbocycles. The molecule has 0 radical (unpaired) electrons. The maximum Gasteiger partial charge on any atom is 0.277 e. The van der Waals surface area contributed by atoms with E-state index in [4.69, 9.17) is 9.47 Å². The number of imidazole rings is 2. The number of carbonyl (C=O) groups excluding carboxylic acids is 1. The van der Waals surface area contributed by atoms with Gasteiger partial charge in [0, 0.05) is 179 Å². The van der Waals surface area contributed by atoms with Crippen molar-refractivity contribution in [2.24, 2.45) is 28.2 Å². The average molecular weight is 2130 g/mol. The minimum absolute atomic E-state index is 0.0114. The van der Waals surface area contributed by atoms with E-state index in [0.29, 0.717) is 88.2 Å². The summed E-state index contributed by atoms with van der Waals surface area (Å²) in [6.07, 6.45) is 11.3. The first kappa shape index (κ1) is 111. The van der Waals surface area contributed by atoms with Gasteiger partial charge in [0.15, 0.2) is 15.1 Å². The fraction of sp³-hybridized carbons (Fsp3) is 0.461. The number of aromatic nitrogens is 7. The first-order valence-electron chi connectivity index (χ1n) is 52.3. The molecule has 802 valence electrons. The number of benzene rings is 8. The molecule has 8 aliphatic heterocycles. The van der Waals surface area contributed by atoms with Gasteiger partial charge >= 0.3 is 0 Å². The number of ether oxygens (including phenoxy) is 2. The molecule has 12 heterocycles. The van der Waals surface area contributed by atoms with E-state index in [1.807, 2.05) is 57.2 Å². The minimum atomic E-state index is -3.86.